The Morgan fingerprint density at radius 3 is 2.83 bits per heavy atom. The van der Waals surface area contributed by atoms with Crippen LogP contribution in [0.3, 0.4) is 0 Å². The normalized spacial score (nSPS) is 10.7. The van der Waals surface area contributed by atoms with Crippen LogP contribution in [0, 0.1) is 6.92 Å². The zero-order valence-corrected chi connectivity index (χ0v) is 13.1. The van der Waals surface area contributed by atoms with Gasteiger partial charge in [-0.15, -0.1) is 0 Å². The minimum Gasteiger partial charge on any atom is -0.340 e. The SMILES string of the molecule is CCc1ccccc1NC(=O)c1cccn1Cc1noc(C)n1. The van der Waals surface area contributed by atoms with Crippen LogP contribution in [0.1, 0.15) is 34.7 Å². The molecule has 2 aromatic heterocycles. The number of benzene rings is 1. The summed E-state index contributed by atoms with van der Waals surface area (Å²) in [5, 5.41) is 6.84. The van der Waals surface area contributed by atoms with Crippen molar-refractivity contribution >= 4 is 11.6 Å². The van der Waals surface area contributed by atoms with Crippen LogP contribution in [-0.4, -0.2) is 20.6 Å². The van der Waals surface area contributed by atoms with Crippen molar-refractivity contribution in [1.82, 2.24) is 14.7 Å². The Labute approximate surface area is 134 Å². The fourth-order valence-electron chi connectivity index (χ4n) is 2.45. The molecule has 0 radical (unpaired) electrons. The first kappa shape index (κ1) is 15.0. The van der Waals surface area contributed by atoms with Crippen molar-refractivity contribution in [2.75, 3.05) is 5.32 Å². The Bertz CT molecular complexity index is 819. The molecule has 0 spiro atoms. The summed E-state index contributed by atoms with van der Waals surface area (Å²) >= 11 is 0. The Morgan fingerprint density at radius 2 is 2.09 bits per heavy atom. The van der Waals surface area contributed by atoms with Gasteiger partial charge in [0.05, 0.1) is 6.54 Å². The third-order valence-electron chi connectivity index (χ3n) is 3.59. The standard InChI is InChI=1S/C17H18N4O2/c1-3-13-7-4-5-8-14(13)19-17(22)15-9-6-10-21(15)11-16-18-12(2)23-20-16/h4-10H,3,11H2,1-2H3,(H,19,22). The van der Waals surface area contributed by atoms with Gasteiger partial charge in [-0.2, -0.15) is 4.98 Å². The summed E-state index contributed by atoms with van der Waals surface area (Å²) in [6.45, 7) is 4.19. The van der Waals surface area contributed by atoms with Crippen LogP contribution in [0.5, 0.6) is 0 Å². The van der Waals surface area contributed by atoms with Gasteiger partial charge in [0.2, 0.25) is 5.89 Å². The second-order valence-electron chi connectivity index (χ2n) is 5.22. The molecular formula is C17H18N4O2. The summed E-state index contributed by atoms with van der Waals surface area (Å²) in [7, 11) is 0. The maximum absolute atomic E-state index is 12.6. The second kappa shape index (κ2) is 6.48. The predicted molar refractivity (Wildman–Crippen MR) is 86.3 cm³/mol. The van der Waals surface area contributed by atoms with Gasteiger partial charge >= 0.3 is 0 Å². The number of carbonyl (C=O) groups is 1. The van der Waals surface area contributed by atoms with E-state index in [2.05, 4.69) is 22.4 Å². The van der Waals surface area contributed by atoms with Gasteiger partial charge in [-0.3, -0.25) is 4.79 Å². The highest BCUT2D eigenvalue weighted by Crippen LogP contribution is 2.17. The molecule has 0 atom stereocenters. The fraction of sp³-hybridized carbons (Fsp3) is 0.235. The fourth-order valence-corrected chi connectivity index (χ4v) is 2.45. The Kier molecular flexibility index (Phi) is 4.23. The molecule has 3 rings (SSSR count). The van der Waals surface area contributed by atoms with Gasteiger partial charge in [-0.05, 0) is 30.2 Å². The predicted octanol–water partition coefficient (Wildman–Crippen LogP) is 3.04. The highest BCUT2D eigenvalue weighted by Gasteiger charge is 2.14. The second-order valence-corrected chi connectivity index (χ2v) is 5.22. The minimum absolute atomic E-state index is 0.156. The molecule has 0 saturated heterocycles. The number of amides is 1. The van der Waals surface area contributed by atoms with E-state index in [1.54, 1.807) is 17.6 Å². The van der Waals surface area contributed by atoms with Crippen molar-refractivity contribution < 1.29 is 9.32 Å². The number of para-hydroxylation sites is 1. The molecule has 1 amide bonds. The van der Waals surface area contributed by atoms with E-state index < -0.39 is 0 Å². The van der Waals surface area contributed by atoms with Crippen molar-refractivity contribution in [2.45, 2.75) is 26.8 Å². The number of rotatable bonds is 5. The molecule has 0 bridgehead atoms. The topological polar surface area (TPSA) is 73.0 Å². The lowest BCUT2D eigenvalue weighted by Gasteiger charge is -2.11. The lowest BCUT2D eigenvalue weighted by molar-refractivity contribution is 0.101. The summed E-state index contributed by atoms with van der Waals surface area (Å²) in [5.74, 6) is 0.896. The van der Waals surface area contributed by atoms with E-state index >= 15 is 0 Å². The minimum atomic E-state index is -0.156. The third-order valence-corrected chi connectivity index (χ3v) is 3.59. The van der Waals surface area contributed by atoms with Gasteiger partial charge in [0, 0.05) is 18.8 Å². The molecule has 0 aliphatic heterocycles. The molecule has 0 aliphatic rings. The molecule has 0 fully saturated rings. The molecule has 23 heavy (non-hydrogen) atoms. The number of aryl methyl sites for hydroxylation is 2. The summed E-state index contributed by atoms with van der Waals surface area (Å²) in [6.07, 6.45) is 2.69. The molecule has 3 aromatic rings. The molecule has 1 N–H and O–H groups in total. The first-order valence-corrected chi connectivity index (χ1v) is 7.51. The van der Waals surface area contributed by atoms with Crippen LogP contribution in [0.15, 0.2) is 47.1 Å². The number of aromatic nitrogens is 3. The zero-order valence-electron chi connectivity index (χ0n) is 13.1. The molecule has 0 saturated carbocycles. The van der Waals surface area contributed by atoms with E-state index in [9.17, 15) is 4.79 Å². The Hall–Kier alpha value is -2.89. The molecule has 118 valence electrons. The summed E-state index contributed by atoms with van der Waals surface area (Å²) in [5.41, 5.74) is 2.49. The zero-order chi connectivity index (χ0) is 16.2. The number of hydrogen-bond donors (Lipinski definition) is 1. The molecule has 0 aliphatic carbocycles. The molecule has 2 heterocycles. The summed E-state index contributed by atoms with van der Waals surface area (Å²) < 4.78 is 6.76. The average molecular weight is 310 g/mol. The number of carbonyl (C=O) groups excluding carboxylic acids is 1. The largest absolute Gasteiger partial charge is 0.340 e. The van der Waals surface area contributed by atoms with Crippen LogP contribution in [0.4, 0.5) is 5.69 Å². The average Bonchev–Trinajstić information content (AvgIpc) is 3.17. The van der Waals surface area contributed by atoms with Crippen LogP contribution < -0.4 is 5.32 Å². The van der Waals surface area contributed by atoms with E-state index in [1.165, 1.54) is 0 Å². The van der Waals surface area contributed by atoms with Gasteiger partial charge in [0.15, 0.2) is 5.82 Å². The van der Waals surface area contributed by atoms with Gasteiger partial charge in [-0.1, -0.05) is 30.3 Å². The molecule has 6 nitrogen and oxygen atoms in total. The van der Waals surface area contributed by atoms with Crippen molar-refractivity contribution in [3.05, 3.63) is 65.6 Å². The monoisotopic (exact) mass is 310 g/mol. The van der Waals surface area contributed by atoms with Crippen LogP contribution in [0.2, 0.25) is 0 Å². The summed E-state index contributed by atoms with van der Waals surface area (Å²) in [6, 6.07) is 11.4. The lowest BCUT2D eigenvalue weighted by Crippen LogP contribution is -2.18. The highest BCUT2D eigenvalue weighted by molar-refractivity contribution is 6.03. The van der Waals surface area contributed by atoms with Crippen molar-refractivity contribution in [3.63, 3.8) is 0 Å². The van der Waals surface area contributed by atoms with Gasteiger partial charge < -0.3 is 14.4 Å². The van der Waals surface area contributed by atoms with E-state index in [4.69, 9.17) is 4.52 Å². The van der Waals surface area contributed by atoms with E-state index in [0.717, 1.165) is 17.7 Å². The Balaban J connectivity index is 1.79. The van der Waals surface area contributed by atoms with Crippen molar-refractivity contribution in [3.8, 4) is 0 Å². The van der Waals surface area contributed by atoms with Gasteiger partial charge in [0.1, 0.15) is 5.69 Å². The van der Waals surface area contributed by atoms with Crippen LogP contribution in [-0.2, 0) is 13.0 Å². The number of anilines is 1. The molecular weight excluding hydrogens is 292 g/mol. The summed E-state index contributed by atoms with van der Waals surface area (Å²) in [4.78, 5) is 16.7. The maximum atomic E-state index is 12.6. The highest BCUT2D eigenvalue weighted by atomic mass is 16.5. The van der Waals surface area contributed by atoms with Crippen LogP contribution >= 0.6 is 0 Å². The molecule has 6 heteroatoms. The van der Waals surface area contributed by atoms with E-state index in [0.29, 0.717) is 24.0 Å². The Morgan fingerprint density at radius 1 is 1.26 bits per heavy atom. The lowest BCUT2D eigenvalue weighted by atomic mass is 10.1. The quantitative estimate of drug-likeness (QED) is 0.786. The van der Waals surface area contributed by atoms with E-state index in [1.807, 2.05) is 36.5 Å². The smallest absolute Gasteiger partial charge is 0.272 e. The first-order chi connectivity index (χ1) is 11.2. The maximum Gasteiger partial charge on any atom is 0.272 e. The third kappa shape index (κ3) is 3.31. The molecule has 0 unspecified atom stereocenters. The van der Waals surface area contributed by atoms with E-state index in [-0.39, 0.29) is 5.91 Å². The van der Waals surface area contributed by atoms with Gasteiger partial charge in [-0.25, -0.2) is 0 Å². The van der Waals surface area contributed by atoms with Crippen molar-refractivity contribution in [2.24, 2.45) is 0 Å². The van der Waals surface area contributed by atoms with Crippen LogP contribution in [0.25, 0.3) is 0 Å². The van der Waals surface area contributed by atoms with Crippen molar-refractivity contribution in [1.29, 1.82) is 0 Å². The number of nitrogens with one attached hydrogen (secondary N) is 1. The first-order valence-electron chi connectivity index (χ1n) is 7.51. The van der Waals surface area contributed by atoms with Gasteiger partial charge in [0.25, 0.3) is 5.91 Å². The number of hydrogen-bond acceptors (Lipinski definition) is 4. The molecule has 1 aromatic carbocycles. The number of nitrogens with zero attached hydrogens (tertiary/aromatic N) is 3.